The van der Waals surface area contributed by atoms with Crippen LogP contribution < -0.4 is 5.73 Å². The Morgan fingerprint density at radius 2 is 2.30 bits per heavy atom. The molecule has 0 heterocycles. The number of hydrogen-bond acceptors (Lipinski definition) is 3. The number of aliphatic hydroxyl groups is 1. The lowest BCUT2D eigenvalue weighted by atomic mass is 9.79. The van der Waals surface area contributed by atoms with Crippen molar-refractivity contribution in [1.82, 2.24) is 0 Å². The first-order valence-corrected chi connectivity index (χ1v) is 3.18. The molecule has 1 saturated carbocycles. The van der Waals surface area contributed by atoms with Crippen molar-refractivity contribution in [2.75, 3.05) is 0 Å². The van der Waals surface area contributed by atoms with Crippen LogP contribution in [0, 0.1) is 0 Å². The predicted molar refractivity (Wildman–Crippen MR) is 34.3 cm³/mol. The van der Waals surface area contributed by atoms with Gasteiger partial charge in [-0.2, -0.15) is 0 Å². The molecule has 0 spiro atoms. The minimum atomic E-state index is -0.769. The fraction of sp³-hybridized carbons (Fsp3) is 0.833. The van der Waals surface area contributed by atoms with Crippen LogP contribution in [0.3, 0.4) is 0 Å². The van der Waals surface area contributed by atoms with Crippen molar-refractivity contribution in [3.8, 4) is 0 Å². The van der Waals surface area contributed by atoms with Gasteiger partial charge in [-0.1, -0.05) is 0 Å². The van der Waals surface area contributed by atoms with Gasteiger partial charge in [0.2, 0.25) is 0 Å². The number of nitrogens with two attached hydrogens (primary N) is 1. The second-order valence-corrected chi connectivity index (χ2v) is 2.93. The highest BCUT2D eigenvalue weighted by atomic mass is 16.6. The van der Waals surface area contributed by atoms with Crippen LogP contribution in [0.15, 0.2) is 0 Å². The standard InChI is InChI=1S/C6H11NO3/c1-6(10-5(7)9)2-4(8)3-6/h4,8H,2-3H2,1H3,(H2,7,9). The number of amides is 1. The van der Waals surface area contributed by atoms with E-state index in [-0.39, 0.29) is 6.10 Å². The SMILES string of the molecule is CC1(OC(N)=O)CC(O)C1. The van der Waals surface area contributed by atoms with Crippen LogP contribution >= 0.6 is 0 Å². The molecule has 4 nitrogen and oxygen atoms in total. The summed E-state index contributed by atoms with van der Waals surface area (Å²) >= 11 is 0. The summed E-state index contributed by atoms with van der Waals surface area (Å²) in [4.78, 5) is 10.2. The fourth-order valence-electron chi connectivity index (χ4n) is 1.26. The smallest absolute Gasteiger partial charge is 0.405 e. The molecule has 1 fully saturated rings. The second-order valence-electron chi connectivity index (χ2n) is 2.93. The van der Waals surface area contributed by atoms with Crippen LogP contribution in [0.1, 0.15) is 19.8 Å². The van der Waals surface area contributed by atoms with E-state index in [0.29, 0.717) is 12.8 Å². The Hall–Kier alpha value is -0.770. The van der Waals surface area contributed by atoms with E-state index in [1.54, 1.807) is 6.92 Å². The van der Waals surface area contributed by atoms with Crippen molar-refractivity contribution < 1.29 is 14.6 Å². The largest absolute Gasteiger partial charge is 0.443 e. The maximum absolute atomic E-state index is 10.2. The van der Waals surface area contributed by atoms with Crippen molar-refractivity contribution in [2.24, 2.45) is 5.73 Å². The lowest BCUT2D eigenvalue weighted by molar-refractivity contribution is -0.102. The molecular formula is C6H11NO3. The Morgan fingerprint density at radius 1 is 1.80 bits per heavy atom. The molecule has 0 aromatic heterocycles. The van der Waals surface area contributed by atoms with Gasteiger partial charge in [-0.25, -0.2) is 4.79 Å². The summed E-state index contributed by atoms with van der Waals surface area (Å²) in [5.74, 6) is 0. The summed E-state index contributed by atoms with van der Waals surface area (Å²) in [6.45, 7) is 1.75. The number of rotatable bonds is 1. The second kappa shape index (κ2) is 2.12. The Labute approximate surface area is 59.0 Å². The van der Waals surface area contributed by atoms with Crippen LogP contribution in [-0.4, -0.2) is 22.9 Å². The summed E-state index contributed by atoms with van der Waals surface area (Å²) in [6, 6.07) is 0. The Bertz CT molecular complexity index is 151. The van der Waals surface area contributed by atoms with Gasteiger partial charge in [-0.05, 0) is 6.92 Å². The summed E-state index contributed by atoms with van der Waals surface area (Å²) in [6.07, 6.45) is -0.106. The Balaban J connectivity index is 2.34. The van der Waals surface area contributed by atoms with E-state index < -0.39 is 11.7 Å². The third-order valence-corrected chi connectivity index (χ3v) is 1.68. The molecule has 3 N–H and O–H groups in total. The highest BCUT2D eigenvalue weighted by Gasteiger charge is 2.42. The maximum Gasteiger partial charge on any atom is 0.405 e. The van der Waals surface area contributed by atoms with Crippen LogP contribution in [0.5, 0.6) is 0 Å². The van der Waals surface area contributed by atoms with Gasteiger partial charge in [0.1, 0.15) is 5.60 Å². The number of carbonyl (C=O) groups excluding carboxylic acids is 1. The van der Waals surface area contributed by atoms with Crippen LogP contribution in [0.2, 0.25) is 0 Å². The van der Waals surface area contributed by atoms with E-state index in [1.165, 1.54) is 0 Å². The molecule has 0 radical (unpaired) electrons. The molecule has 0 aliphatic heterocycles. The molecule has 1 rings (SSSR count). The zero-order chi connectivity index (χ0) is 7.78. The van der Waals surface area contributed by atoms with Crippen LogP contribution in [0.4, 0.5) is 4.79 Å². The highest BCUT2D eigenvalue weighted by Crippen LogP contribution is 2.34. The number of primary amides is 1. The zero-order valence-corrected chi connectivity index (χ0v) is 5.83. The van der Waals surface area contributed by atoms with E-state index in [0.717, 1.165) is 0 Å². The molecule has 1 aliphatic rings. The van der Waals surface area contributed by atoms with Gasteiger partial charge in [-0.15, -0.1) is 0 Å². The monoisotopic (exact) mass is 145 g/mol. The number of hydrogen-bond donors (Lipinski definition) is 2. The quantitative estimate of drug-likeness (QED) is 0.545. The van der Waals surface area contributed by atoms with Gasteiger partial charge in [0.05, 0.1) is 6.10 Å². The molecule has 0 unspecified atom stereocenters. The van der Waals surface area contributed by atoms with Crippen molar-refractivity contribution >= 4 is 6.09 Å². The topological polar surface area (TPSA) is 72.5 Å². The van der Waals surface area contributed by atoms with E-state index >= 15 is 0 Å². The summed E-state index contributed by atoms with van der Waals surface area (Å²) in [5.41, 5.74) is 4.28. The van der Waals surface area contributed by atoms with E-state index in [2.05, 4.69) is 0 Å². The molecule has 4 heteroatoms. The Kier molecular flexibility index (Phi) is 1.56. The third-order valence-electron chi connectivity index (χ3n) is 1.68. The lowest BCUT2D eigenvalue weighted by Crippen LogP contribution is -2.48. The van der Waals surface area contributed by atoms with E-state index in [1.807, 2.05) is 0 Å². The van der Waals surface area contributed by atoms with Crippen LogP contribution in [-0.2, 0) is 4.74 Å². The van der Waals surface area contributed by atoms with E-state index in [9.17, 15) is 4.79 Å². The summed E-state index contributed by atoms with van der Waals surface area (Å²) in [5, 5.41) is 8.86. The highest BCUT2D eigenvalue weighted by molar-refractivity contribution is 5.65. The minimum Gasteiger partial charge on any atom is -0.443 e. The summed E-state index contributed by atoms with van der Waals surface area (Å²) in [7, 11) is 0. The van der Waals surface area contributed by atoms with Crippen molar-refractivity contribution in [2.45, 2.75) is 31.5 Å². The molecule has 58 valence electrons. The molecule has 0 aromatic rings. The fourth-order valence-corrected chi connectivity index (χ4v) is 1.26. The molecule has 0 aromatic carbocycles. The molecule has 10 heavy (non-hydrogen) atoms. The number of aliphatic hydroxyl groups excluding tert-OH is 1. The normalized spacial score (nSPS) is 38.4. The average Bonchev–Trinajstić information content (AvgIpc) is 1.57. The van der Waals surface area contributed by atoms with Crippen LogP contribution in [0.25, 0.3) is 0 Å². The Morgan fingerprint density at radius 3 is 2.60 bits per heavy atom. The average molecular weight is 145 g/mol. The molecule has 1 aliphatic carbocycles. The van der Waals surface area contributed by atoms with Crippen molar-refractivity contribution in [1.29, 1.82) is 0 Å². The molecular weight excluding hydrogens is 134 g/mol. The van der Waals surface area contributed by atoms with Gasteiger partial charge in [-0.3, -0.25) is 0 Å². The molecule has 0 saturated heterocycles. The van der Waals surface area contributed by atoms with Gasteiger partial charge < -0.3 is 15.6 Å². The lowest BCUT2D eigenvalue weighted by Gasteiger charge is -2.40. The molecule has 0 bridgehead atoms. The first-order valence-electron chi connectivity index (χ1n) is 3.18. The van der Waals surface area contributed by atoms with Crippen molar-refractivity contribution in [3.05, 3.63) is 0 Å². The van der Waals surface area contributed by atoms with Gasteiger partial charge in [0.15, 0.2) is 0 Å². The van der Waals surface area contributed by atoms with Crippen molar-refractivity contribution in [3.63, 3.8) is 0 Å². The first-order chi connectivity index (χ1) is 4.52. The summed E-state index contributed by atoms with van der Waals surface area (Å²) < 4.78 is 4.72. The predicted octanol–water partition coefficient (Wildman–Crippen LogP) is -0.00490. The zero-order valence-electron chi connectivity index (χ0n) is 5.83. The maximum atomic E-state index is 10.2. The third kappa shape index (κ3) is 1.39. The first kappa shape index (κ1) is 7.34. The minimum absolute atomic E-state index is 0.329. The van der Waals surface area contributed by atoms with Gasteiger partial charge >= 0.3 is 6.09 Å². The molecule has 0 atom stereocenters. The molecule has 1 amide bonds. The van der Waals surface area contributed by atoms with E-state index in [4.69, 9.17) is 15.6 Å². The number of carbonyl (C=O) groups is 1. The number of ether oxygens (including phenoxy) is 1. The van der Waals surface area contributed by atoms with Gasteiger partial charge in [0.25, 0.3) is 0 Å². The van der Waals surface area contributed by atoms with Gasteiger partial charge in [0, 0.05) is 12.8 Å².